The number of aliphatic hydroxyl groups is 1. The number of carbonyl (C=O) groups excluding carboxylic acids is 1. The number of amides is 1. The van der Waals surface area contributed by atoms with Crippen molar-refractivity contribution in [3.8, 4) is 0 Å². The van der Waals surface area contributed by atoms with Gasteiger partial charge in [0, 0.05) is 18.6 Å². The van der Waals surface area contributed by atoms with Crippen LogP contribution in [-0.4, -0.2) is 34.7 Å². The standard InChI is InChI=1S/C15H15NO4/c17-8-7-13(15(19)20)16-14(18)12-6-5-10-3-1-2-4-11(10)9-12/h1-6,9,13,17H,7-8H2,(H,16,18)(H,19,20)/t13-/m0/s1. The highest BCUT2D eigenvalue weighted by molar-refractivity contribution is 6.00. The van der Waals surface area contributed by atoms with E-state index in [0.29, 0.717) is 5.56 Å². The molecule has 0 saturated heterocycles. The molecule has 0 saturated carbocycles. The van der Waals surface area contributed by atoms with Gasteiger partial charge in [-0.25, -0.2) is 4.79 Å². The molecule has 2 aromatic rings. The monoisotopic (exact) mass is 273 g/mol. The Kier molecular flexibility index (Phi) is 4.32. The first-order valence-corrected chi connectivity index (χ1v) is 6.25. The number of aliphatic hydroxyl groups excluding tert-OH is 1. The number of carboxylic acid groups (broad SMARTS) is 1. The molecule has 20 heavy (non-hydrogen) atoms. The Morgan fingerprint density at radius 2 is 1.80 bits per heavy atom. The van der Waals surface area contributed by atoms with Crippen LogP contribution in [0.4, 0.5) is 0 Å². The molecule has 0 spiro atoms. The molecule has 0 heterocycles. The van der Waals surface area contributed by atoms with Gasteiger partial charge in [0.2, 0.25) is 0 Å². The van der Waals surface area contributed by atoms with Gasteiger partial charge in [-0.05, 0) is 22.9 Å². The summed E-state index contributed by atoms with van der Waals surface area (Å²) in [5.74, 6) is -1.62. The largest absolute Gasteiger partial charge is 0.480 e. The summed E-state index contributed by atoms with van der Waals surface area (Å²) in [5.41, 5.74) is 0.396. The number of aliphatic carboxylic acids is 1. The summed E-state index contributed by atoms with van der Waals surface area (Å²) < 4.78 is 0. The van der Waals surface area contributed by atoms with Gasteiger partial charge in [0.25, 0.3) is 5.91 Å². The Balaban J connectivity index is 2.20. The molecule has 104 valence electrons. The molecule has 5 nitrogen and oxygen atoms in total. The SMILES string of the molecule is O=C(N[C@@H](CCO)C(=O)O)c1ccc2ccccc2c1. The van der Waals surface area contributed by atoms with Crippen LogP contribution < -0.4 is 5.32 Å². The molecule has 0 unspecified atom stereocenters. The van der Waals surface area contributed by atoms with E-state index in [0.717, 1.165) is 10.8 Å². The van der Waals surface area contributed by atoms with E-state index in [1.54, 1.807) is 12.1 Å². The minimum absolute atomic E-state index is 0.0192. The Labute approximate surface area is 115 Å². The molecule has 0 radical (unpaired) electrons. The van der Waals surface area contributed by atoms with Gasteiger partial charge in [0.1, 0.15) is 6.04 Å². The van der Waals surface area contributed by atoms with E-state index >= 15 is 0 Å². The van der Waals surface area contributed by atoms with Crippen LogP contribution in [0.25, 0.3) is 10.8 Å². The summed E-state index contributed by atoms with van der Waals surface area (Å²) in [6.45, 7) is -0.297. The second-order valence-corrected chi connectivity index (χ2v) is 4.44. The lowest BCUT2D eigenvalue weighted by Crippen LogP contribution is -2.41. The molecule has 1 amide bonds. The molecule has 0 fully saturated rings. The van der Waals surface area contributed by atoms with E-state index < -0.39 is 17.9 Å². The second-order valence-electron chi connectivity index (χ2n) is 4.44. The summed E-state index contributed by atoms with van der Waals surface area (Å²) in [7, 11) is 0. The number of carbonyl (C=O) groups is 2. The maximum absolute atomic E-state index is 12.0. The number of benzene rings is 2. The number of rotatable bonds is 5. The number of carboxylic acids is 1. The van der Waals surface area contributed by atoms with Crippen molar-refractivity contribution in [1.82, 2.24) is 5.32 Å². The molecule has 1 atom stereocenters. The first-order chi connectivity index (χ1) is 9.61. The van der Waals surface area contributed by atoms with Crippen molar-refractivity contribution in [3.63, 3.8) is 0 Å². The summed E-state index contributed by atoms with van der Waals surface area (Å²) in [6.07, 6.45) is -0.0192. The summed E-state index contributed by atoms with van der Waals surface area (Å²) >= 11 is 0. The Hall–Kier alpha value is -2.40. The second kappa shape index (κ2) is 6.16. The third-order valence-corrected chi connectivity index (χ3v) is 3.03. The van der Waals surface area contributed by atoms with Crippen molar-refractivity contribution >= 4 is 22.6 Å². The molecule has 3 N–H and O–H groups in total. The lowest BCUT2D eigenvalue weighted by atomic mass is 10.1. The highest BCUT2D eigenvalue weighted by Gasteiger charge is 2.19. The zero-order valence-corrected chi connectivity index (χ0v) is 10.7. The first kappa shape index (κ1) is 14.0. The molecule has 0 aliphatic rings. The first-order valence-electron chi connectivity index (χ1n) is 6.25. The fraction of sp³-hybridized carbons (Fsp3) is 0.200. The summed E-state index contributed by atoms with van der Waals surface area (Å²) in [6, 6.07) is 11.7. The molecular formula is C15H15NO4. The maximum atomic E-state index is 12.0. The van der Waals surface area contributed by atoms with E-state index in [9.17, 15) is 9.59 Å². The zero-order chi connectivity index (χ0) is 14.5. The van der Waals surface area contributed by atoms with E-state index in [-0.39, 0.29) is 13.0 Å². The number of hydrogen-bond donors (Lipinski definition) is 3. The Bertz CT molecular complexity index is 639. The normalized spacial score (nSPS) is 12.1. The average Bonchev–Trinajstić information content (AvgIpc) is 2.46. The molecule has 5 heteroatoms. The van der Waals surface area contributed by atoms with Gasteiger partial charge >= 0.3 is 5.97 Å². The molecule has 0 aliphatic carbocycles. The highest BCUT2D eigenvalue weighted by atomic mass is 16.4. The fourth-order valence-electron chi connectivity index (χ4n) is 1.96. The van der Waals surface area contributed by atoms with Gasteiger partial charge < -0.3 is 15.5 Å². The summed E-state index contributed by atoms with van der Waals surface area (Å²) in [5, 5.41) is 22.1. The van der Waals surface area contributed by atoms with E-state index in [4.69, 9.17) is 10.2 Å². The minimum Gasteiger partial charge on any atom is -0.480 e. The van der Waals surface area contributed by atoms with Crippen LogP contribution in [0, 0.1) is 0 Å². The van der Waals surface area contributed by atoms with Gasteiger partial charge in [0.05, 0.1) is 0 Å². The fourth-order valence-corrected chi connectivity index (χ4v) is 1.96. The lowest BCUT2D eigenvalue weighted by Gasteiger charge is -2.13. The van der Waals surface area contributed by atoms with E-state index in [1.165, 1.54) is 0 Å². The highest BCUT2D eigenvalue weighted by Crippen LogP contribution is 2.15. The van der Waals surface area contributed by atoms with Crippen molar-refractivity contribution in [2.24, 2.45) is 0 Å². The van der Waals surface area contributed by atoms with E-state index in [1.807, 2.05) is 30.3 Å². The third-order valence-electron chi connectivity index (χ3n) is 3.03. The molecule has 0 bridgehead atoms. The number of hydrogen-bond acceptors (Lipinski definition) is 3. The van der Waals surface area contributed by atoms with Crippen molar-refractivity contribution in [1.29, 1.82) is 0 Å². The Morgan fingerprint density at radius 1 is 1.10 bits per heavy atom. The maximum Gasteiger partial charge on any atom is 0.326 e. The number of fused-ring (bicyclic) bond motifs is 1. The van der Waals surface area contributed by atoms with Crippen LogP contribution >= 0.6 is 0 Å². The predicted molar refractivity (Wildman–Crippen MR) is 74.5 cm³/mol. The van der Waals surface area contributed by atoms with Crippen LogP contribution in [0.1, 0.15) is 16.8 Å². The minimum atomic E-state index is -1.16. The van der Waals surface area contributed by atoms with Gasteiger partial charge in [-0.2, -0.15) is 0 Å². The molecule has 2 rings (SSSR count). The van der Waals surface area contributed by atoms with Crippen LogP contribution in [-0.2, 0) is 4.79 Å². The molecule has 0 aliphatic heterocycles. The predicted octanol–water partition coefficient (Wildman–Crippen LogP) is 1.41. The average molecular weight is 273 g/mol. The molecular weight excluding hydrogens is 258 g/mol. The third kappa shape index (κ3) is 3.13. The zero-order valence-electron chi connectivity index (χ0n) is 10.7. The van der Waals surface area contributed by atoms with Gasteiger partial charge in [-0.3, -0.25) is 4.79 Å². The lowest BCUT2D eigenvalue weighted by molar-refractivity contribution is -0.139. The topological polar surface area (TPSA) is 86.6 Å². The number of nitrogens with one attached hydrogen (secondary N) is 1. The van der Waals surface area contributed by atoms with Gasteiger partial charge in [-0.15, -0.1) is 0 Å². The summed E-state index contributed by atoms with van der Waals surface area (Å²) in [4.78, 5) is 23.0. The van der Waals surface area contributed by atoms with Crippen LogP contribution in [0.5, 0.6) is 0 Å². The Morgan fingerprint density at radius 3 is 2.45 bits per heavy atom. The van der Waals surface area contributed by atoms with Crippen molar-refractivity contribution < 1.29 is 19.8 Å². The van der Waals surface area contributed by atoms with Crippen LogP contribution in [0.15, 0.2) is 42.5 Å². The molecule has 0 aromatic heterocycles. The van der Waals surface area contributed by atoms with Crippen molar-refractivity contribution in [2.75, 3.05) is 6.61 Å². The smallest absolute Gasteiger partial charge is 0.326 e. The van der Waals surface area contributed by atoms with E-state index in [2.05, 4.69) is 5.32 Å². The van der Waals surface area contributed by atoms with Crippen molar-refractivity contribution in [3.05, 3.63) is 48.0 Å². The van der Waals surface area contributed by atoms with Gasteiger partial charge in [0.15, 0.2) is 0 Å². The van der Waals surface area contributed by atoms with Crippen LogP contribution in [0.3, 0.4) is 0 Å². The van der Waals surface area contributed by atoms with Gasteiger partial charge in [-0.1, -0.05) is 30.3 Å². The van der Waals surface area contributed by atoms with Crippen molar-refractivity contribution in [2.45, 2.75) is 12.5 Å². The quantitative estimate of drug-likeness (QED) is 0.768. The van der Waals surface area contributed by atoms with Crippen LogP contribution in [0.2, 0.25) is 0 Å². The molecule has 2 aromatic carbocycles.